The van der Waals surface area contributed by atoms with Gasteiger partial charge in [0.05, 0.1) is 10.6 Å². The number of hydrogen-bond acceptors (Lipinski definition) is 3. The topological polar surface area (TPSA) is 50.3 Å². The van der Waals surface area contributed by atoms with Gasteiger partial charge >= 0.3 is 0 Å². The van der Waals surface area contributed by atoms with Crippen LogP contribution in [0, 0.1) is 6.92 Å². The molecule has 2 heterocycles. The third kappa shape index (κ3) is 3.72. The summed E-state index contributed by atoms with van der Waals surface area (Å²) in [5, 5.41) is 1.21. The quantitative estimate of drug-likeness (QED) is 0.397. The zero-order chi connectivity index (χ0) is 25.3. The molecule has 0 unspecified atom stereocenters. The number of hydrogen-bond donors (Lipinski definition) is 0. The third-order valence-electron chi connectivity index (χ3n) is 8.58. The minimum Gasteiger partial charge on any atom is -0.261 e. The van der Waals surface area contributed by atoms with Gasteiger partial charge in [-0.25, -0.2) is 8.42 Å². The lowest BCUT2D eigenvalue weighted by molar-refractivity contribution is 0.281. The van der Waals surface area contributed by atoms with Crippen LogP contribution in [0.25, 0.3) is 11.1 Å². The number of aromatic nitrogens is 1. The van der Waals surface area contributed by atoms with Crippen molar-refractivity contribution >= 4 is 23.4 Å². The maximum Gasteiger partial charge on any atom is 0.243 e. The standard InChI is InChI=1S/C30H36N2O2SSi/c1-21-12-14-23(15-13-21)35(33,34)32-19-25-26(20-32)29(36(2,3)4)31-28-27(25)24-11-7-6-10-22(24)18-30(28)16-8-5-9-17-30/h6-7,10-15H,5,8-9,16-20H2,1-4H3. The van der Waals surface area contributed by atoms with E-state index in [1.807, 2.05) is 19.1 Å². The van der Waals surface area contributed by atoms with Crippen molar-refractivity contribution < 1.29 is 8.42 Å². The largest absolute Gasteiger partial charge is 0.261 e. The van der Waals surface area contributed by atoms with E-state index in [9.17, 15) is 8.42 Å². The molecule has 2 aliphatic carbocycles. The minimum atomic E-state index is -3.60. The first-order valence-corrected chi connectivity index (χ1v) is 18.3. The Labute approximate surface area is 216 Å². The number of sulfonamides is 1. The molecule has 3 aromatic rings. The number of benzene rings is 2. The highest BCUT2D eigenvalue weighted by atomic mass is 32.2. The molecule has 1 spiro atoms. The number of aryl methyl sites for hydroxylation is 1. The fraction of sp³-hybridized carbons (Fsp3) is 0.433. The molecule has 2 aromatic carbocycles. The Morgan fingerprint density at radius 1 is 0.889 bits per heavy atom. The van der Waals surface area contributed by atoms with Gasteiger partial charge in [-0.15, -0.1) is 0 Å². The van der Waals surface area contributed by atoms with Crippen molar-refractivity contribution in [2.75, 3.05) is 0 Å². The first-order valence-electron chi connectivity index (χ1n) is 13.3. The molecule has 4 nitrogen and oxygen atoms in total. The van der Waals surface area contributed by atoms with E-state index < -0.39 is 18.1 Å². The van der Waals surface area contributed by atoms with Gasteiger partial charge < -0.3 is 0 Å². The van der Waals surface area contributed by atoms with Crippen LogP contribution in [0.5, 0.6) is 0 Å². The molecule has 1 aromatic heterocycles. The molecule has 1 aliphatic heterocycles. The van der Waals surface area contributed by atoms with Gasteiger partial charge in [-0.1, -0.05) is 80.9 Å². The highest BCUT2D eigenvalue weighted by Gasteiger charge is 2.46. The van der Waals surface area contributed by atoms with E-state index in [1.54, 1.807) is 16.4 Å². The summed E-state index contributed by atoms with van der Waals surface area (Å²) in [4.78, 5) is 5.95. The molecule has 0 saturated heterocycles. The van der Waals surface area contributed by atoms with E-state index in [2.05, 4.69) is 43.9 Å². The van der Waals surface area contributed by atoms with Crippen LogP contribution < -0.4 is 5.32 Å². The summed E-state index contributed by atoms with van der Waals surface area (Å²) >= 11 is 0. The van der Waals surface area contributed by atoms with Crippen LogP contribution in [0.15, 0.2) is 53.4 Å². The van der Waals surface area contributed by atoms with Crippen LogP contribution in [0.2, 0.25) is 19.6 Å². The smallest absolute Gasteiger partial charge is 0.243 e. The van der Waals surface area contributed by atoms with Crippen molar-refractivity contribution in [2.45, 2.75) is 88.5 Å². The van der Waals surface area contributed by atoms with E-state index in [0.29, 0.717) is 18.0 Å². The predicted molar refractivity (Wildman–Crippen MR) is 149 cm³/mol. The molecule has 6 heteroatoms. The molecule has 0 radical (unpaired) electrons. The molecule has 0 atom stereocenters. The van der Waals surface area contributed by atoms with Crippen molar-refractivity contribution in [1.82, 2.24) is 9.29 Å². The summed E-state index contributed by atoms with van der Waals surface area (Å²) in [6, 6.07) is 16.0. The van der Waals surface area contributed by atoms with Crippen molar-refractivity contribution in [2.24, 2.45) is 0 Å². The molecule has 0 bridgehead atoms. The summed E-state index contributed by atoms with van der Waals surface area (Å²) in [7, 11) is -5.43. The lowest BCUT2D eigenvalue weighted by Crippen LogP contribution is -2.46. The Hall–Kier alpha value is -2.28. The van der Waals surface area contributed by atoms with Crippen molar-refractivity contribution in [3.63, 3.8) is 0 Å². The maximum absolute atomic E-state index is 13.8. The highest BCUT2D eigenvalue weighted by molar-refractivity contribution is 7.89. The van der Waals surface area contributed by atoms with Crippen molar-refractivity contribution in [3.8, 4) is 11.1 Å². The fourth-order valence-corrected chi connectivity index (χ4v) is 9.72. The normalized spacial score (nSPS) is 19.1. The molecule has 6 rings (SSSR count). The summed E-state index contributed by atoms with van der Waals surface area (Å²) in [6.45, 7) is 9.88. The van der Waals surface area contributed by atoms with Crippen molar-refractivity contribution in [1.29, 1.82) is 0 Å². The Morgan fingerprint density at radius 3 is 2.25 bits per heavy atom. The minimum absolute atomic E-state index is 0.0780. The highest BCUT2D eigenvalue weighted by Crippen LogP contribution is 2.52. The second-order valence-corrected chi connectivity index (χ2v) is 19.1. The zero-order valence-corrected chi connectivity index (χ0v) is 23.7. The van der Waals surface area contributed by atoms with E-state index in [-0.39, 0.29) is 5.41 Å². The van der Waals surface area contributed by atoms with Gasteiger partial charge in [0, 0.05) is 29.4 Å². The summed E-state index contributed by atoms with van der Waals surface area (Å²) in [5.41, 5.74) is 8.71. The molecule has 0 N–H and O–H groups in total. The van der Waals surface area contributed by atoms with Crippen LogP contribution in [-0.4, -0.2) is 25.8 Å². The third-order valence-corrected chi connectivity index (χ3v) is 12.2. The van der Waals surface area contributed by atoms with Crippen LogP contribution >= 0.6 is 0 Å². The van der Waals surface area contributed by atoms with Gasteiger partial charge in [-0.05, 0) is 60.6 Å². The van der Waals surface area contributed by atoms with E-state index >= 15 is 0 Å². The molecule has 36 heavy (non-hydrogen) atoms. The molecule has 3 aliphatic rings. The molecule has 188 valence electrons. The molecule has 1 fully saturated rings. The summed E-state index contributed by atoms with van der Waals surface area (Å²) in [5.74, 6) is 0. The monoisotopic (exact) mass is 516 g/mol. The van der Waals surface area contributed by atoms with Gasteiger partial charge in [0.1, 0.15) is 8.07 Å². The summed E-state index contributed by atoms with van der Waals surface area (Å²) in [6.07, 6.45) is 7.20. The first-order chi connectivity index (χ1) is 17.1. The van der Waals surface area contributed by atoms with Crippen LogP contribution in [0.1, 0.15) is 60.1 Å². The molecule has 1 saturated carbocycles. The first kappa shape index (κ1) is 24.1. The Bertz CT molecular complexity index is 1450. The lowest BCUT2D eigenvalue weighted by Gasteiger charge is -2.43. The maximum atomic E-state index is 13.8. The van der Waals surface area contributed by atoms with Gasteiger partial charge in [0.2, 0.25) is 10.0 Å². The van der Waals surface area contributed by atoms with Crippen LogP contribution in [0.3, 0.4) is 0 Å². The number of fused-ring (bicyclic) bond motifs is 6. The fourth-order valence-electron chi connectivity index (χ4n) is 6.76. The Balaban J connectivity index is 1.57. The second-order valence-electron chi connectivity index (χ2n) is 12.2. The van der Waals surface area contributed by atoms with Gasteiger partial charge in [-0.2, -0.15) is 4.31 Å². The van der Waals surface area contributed by atoms with E-state index in [1.165, 1.54) is 70.9 Å². The van der Waals surface area contributed by atoms with Gasteiger partial charge in [-0.3, -0.25) is 4.98 Å². The SMILES string of the molecule is Cc1ccc(S(=O)(=O)N2Cc3c([Si](C)(C)C)nc4c(c3C2)-c2ccccc2CC42CCCCC2)cc1. The molecular formula is C30H36N2O2SSi. The Kier molecular flexibility index (Phi) is 5.60. The second kappa shape index (κ2) is 8.37. The average Bonchev–Trinajstić information content (AvgIpc) is 3.30. The number of pyridine rings is 1. The van der Waals surface area contributed by atoms with E-state index in [4.69, 9.17) is 4.98 Å². The number of rotatable bonds is 3. The van der Waals surface area contributed by atoms with Gasteiger partial charge in [0.25, 0.3) is 0 Å². The molecular weight excluding hydrogens is 480 g/mol. The lowest BCUT2D eigenvalue weighted by atomic mass is 9.62. The molecule has 0 amide bonds. The predicted octanol–water partition coefficient (Wildman–Crippen LogP) is 6.06. The number of nitrogens with zero attached hydrogens (tertiary/aromatic N) is 2. The van der Waals surface area contributed by atoms with Crippen molar-refractivity contribution in [3.05, 3.63) is 76.5 Å². The van der Waals surface area contributed by atoms with Gasteiger partial charge in [0.15, 0.2) is 0 Å². The summed E-state index contributed by atoms with van der Waals surface area (Å²) < 4.78 is 29.3. The Morgan fingerprint density at radius 2 is 1.56 bits per heavy atom. The van der Waals surface area contributed by atoms with Crippen LogP contribution in [-0.2, 0) is 34.9 Å². The van der Waals surface area contributed by atoms with E-state index in [0.717, 1.165) is 12.0 Å². The average molecular weight is 517 g/mol. The van der Waals surface area contributed by atoms with Crippen LogP contribution in [0.4, 0.5) is 0 Å². The zero-order valence-electron chi connectivity index (χ0n) is 21.9.